The largest absolute Gasteiger partial charge is 0.345 e. The molecule has 170 valence electrons. The molecule has 31 heavy (non-hydrogen) atoms. The van der Waals surface area contributed by atoms with Crippen molar-refractivity contribution in [3.63, 3.8) is 0 Å². The maximum Gasteiger partial charge on any atom is 0.236 e. The first-order chi connectivity index (χ1) is 15.0. The summed E-state index contributed by atoms with van der Waals surface area (Å²) in [4.78, 5) is 43.4. The molecule has 7 nitrogen and oxygen atoms in total. The third-order valence-electron chi connectivity index (χ3n) is 6.26. The van der Waals surface area contributed by atoms with Crippen molar-refractivity contribution in [2.24, 2.45) is 0 Å². The van der Waals surface area contributed by atoms with Gasteiger partial charge in [0.15, 0.2) is 5.78 Å². The second-order valence-corrected chi connectivity index (χ2v) is 8.77. The summed E-state index contributed by atoms with van der Waals surface area (Å²) in [7, 11) is 0. The molecule has 0 saturated carbocycles. The van der Waals surface area contributed by atoms with Crippen LogP contribution in [0.5, 0.6) is 0 Å². The monoisotopic (exact) mass is 428 g/mol. The van der Waals surface area contributed by atoms with Crippen molar-refractivity contribution in [3.8, 4) is 0 Å². The number of nitrogens with zero attached hydrogens (tertiary/aromatic N) is 3. The second kappa shape index (κ2) is 12.0. The number of likely N-dealkylation sites (tertiary alicyclic amines) is 1. The molecule has 2 aliphatic heterocycles. The van der Waals surface area contributed by atoms with Crippen LogP contribution in [0.1, 0.15) is 38.2 Å². The van der Waals surface area contributed by atoms with E-state index in [2.05, 4.69) is 15.1 Å². The minimum absolute atomic E-state index is 0.0333. The topological polar surface area (TPSA) is 73.0 Å². The van der Waals surface area contributed by atoms with E-state index in [9.17, 15) is 14.4 Å². The molecule has 2 aliphatic rings. The van der Waals surface area contributed by atoms with Crippen molar-refractivity contribution < 1.29 is 14.4 Å². The Labute approximate surface area is 185 Å². The lowest BCUT2D eigenvalue weighted by atomic mass is 10.0. The zero-order chi connectivity index (χ0) is 22.1. The highest BCUT2D eigenvalue weighted by Crippen LogP contribution is 2.11. The van der Waals surface area contributed by atoms with Gasteiger partial charge >= 0.3 is 0 Å². The van der Waals surface area contributed by atoms with Crippen molar-refractivity contribution in [1.82, 2.24) is 20.0 Å². The summed E-state index contributed by atoms with van der Waals surface area (Å²) in [6.45, 7) is 7.14. The number of ketones is 1. The lowest BCUT2D eigenvalue weighted by molar-refractivity contribution is -0.133. The third-order valence-corrected chi connectivity index (χ3v) is 6.26. The molecule has 0 radical (unpaired) electrons. The predicted octanol–water partition coefficient (Wildman–Crippen LogP) is 1.32. The molecule has 0 aromatic heterocycles. The zero-order valence-corrected chi connectivity index (χ0v) is 18.7. The molecule has 3 rings (SSSR count). The van der Waals surface area contributed by atoms with Crippen LogP contribution in [0.4, 0.5) is 0 Å². The molecule has 2 amide bonds. The molecular weight excluding hydrogens is 392 g/mol. The Morgan fingerprint density at radius 2 is 1.42 bits per heavy atom. The Kier molecular flexibility index (Phi) is 9.03. The van der Waals surface area contributed by atoms with Gasteiger partial charge in [-0.2, -0.15) is 0 Å². The molecule has 0 aliphatic carbocycles. The van der Waals surface area contributed by atoms with Gasteiger partial charge in [0.2, 0.25) is 11.8 Å². The number of piperazine rings is 1. The summed E-state index contributed by atoms with van der Waals surface area (Å²) in [6.07, 6.45) is 5.18. The van der Waals surface area contributed by atoms with E-state index < -0.39 is 6.04 Å². The molecule has 2 fully saturated rings. The number of Topliss-reactive ketones (excluding diaryl/α,β-unsaturated/α-hetero) is 1. The van der Waals surface area contributed by atoms with Crippen molar-refractivity contribution in [2.45, 2.75) is 45.1 Å². The summed E-state index contributed by atoms with van der Waals surface area (Å²) in [5.41, 5.74) is 1.03. The summed E-state index contributed by atoms with van der Waals surface area (Å²) < 4.78 is 0. The highest BCUT2D eigenvalue weighted by Gasteiger charge is 2.24. The van der Waals surface area contributed by atoms with Crippen LogP contribution in [0.15, 0.2) is 30.3 Å². The lowest BCUT2D eigenvalue weighted by Gasteiger charge is -2.35. The minimum atomic E-state index is -0.498. The molecule has 0 bridgehead atoms. The fraction of sp³-hybridized carbons (Fsp3) is 0.625. The van der Waals surface area contributed by atoms with E-state index in [1.165, 1.54) is 19.8 Å². The van der Waals surface area contributed by atoms with Crippen LogP contribution in [-0.2, 0) is 20.8 Å². The fourth-order valence-electron chi connectivity index (χ4n) is 4.31. The van der Waals surface area contributed by atoms with E-state index in [1.807, 2.05) is 35.2 Å². The quantitative estimate of drug-likeness (QED) is 0.676. The molecule has 0 spiro atoms. The zero-order valence-electron chi connectivity index (χ0n) is 18.7. The van der Waals surface area contributed by atoms with E-state index in [0.717, 1.165) is 57.7 Å². The van der Waals surface area contributed by atoms with E-state index in [4.69, 9.17) is 0 Å². The Balaban J connectivity index is 1.39. The number of hydrogen-bond acceptors (Lipinski definition) is 5. The Morgan fingerprint density at radius 1 is 0.839 bits per heavy atom. The van der Waals surface area contributed by atoms with Crippen LogP contribution in [0.3, 0.4) is 0 Å². The predicted molar refractivity (Wildman–Crippen MR) is 121 cm³/mol. The average molecular weight is 429 g/mol. The van der Waals surface area contributed by atoms with Gasteiger partial charge in [0.1, 0.15) is 0 Å². The van der Waals surface area contributed by atoms with Gasteiger partial charge < -0.3 is 10.2 Å². The second-order valence-electron chi connectivity index (χ2n) is 8.77. The number of carbonyl (C=O) groups is 3. The maximum absolute atomic E-state index is 12.6. The molecule has 2 saturated heterocycles. The molecule has 1 aromatic rings. The smallest absolute Gasteiger partial charge is 0.236 e. The molecular formula is C24H36N4O3. The summed E-state index contributed by atoms with van der Waals surface area (Å²) in [6, 6.07) is 9.24. The number of hydrogen-bond donors (Lipinski definition) is 1. The SMILES string of the molecule is CC(=O)C(Cc1ccccc1)NC(=O)CN1CCN(CC(=O)N2CCCCCC2)CC1. The number of carbonyl (C=O) groups excluding carboxylic acids is 3. The average Bonchev–Trinajstić information content (AvgIpc) is 3.05. The fourth-order valence-corrected chi connectivity index (χ4v) is 4.31. The van der Waals surface area contributed by atoms with Gasteiger partial charge in [-0.05, 0) is 31.7 Å². The normalized spacial score (nSPS) is 19.5. The van der Waals surface area contributed by atoms with E-state index in [0.29, 0.717) is 13.0 Å². The molecule has 1 aromatic carbocycles. The van der Waals surface area contributed by atoms with Crippen LogP contribution in [0.2, 0.25) is 0 Å². The van der Waals surface area contributed by atoms with Gasteiger partial charge in [-0.25, -0.2) is 0 Å². The van der Waals surface area contributed by atoms with Gasteiger partial charge in [-0.3, -0.25) is 24.2 Å². The van der Waals surface area contributed by atoms with Crippen LogP contribution >= 0.6 is 0 Å². The van der Waals surface area contributed by atoms with Crippen LogP contribution < -0.4 is 5.32 Å². The van der Waals surface area contributed by atoms with Crippen LogP contribution in [0, 0.1) is 0 Å². The van der Waals surface area contributed by atoms with E-state index >= 15 is 0 Å². The Morgan fingerprint density at radius 3 is 2.00 bits per heavy atom. The first-order valence-electron chi connectivity index (χ1n) is 11.6. The van der Waals surface area contributed by atoms with Crippen molar-refractivity contribution in [3.05, 3.63) is 35.9 Å². The highest BCUT2D eigenvalue weighted by molar-refractivity contribution is 5.88. The minimum Gasteiger partial charge on any atom is -0.345 e. The standard InChI is InChI=1S/C24H36N4O3/c1-20(29)22(17-21-9-5-4-6-10-21)25-23(30)18-26-13-15-27(16-14-26)19-24(31)28-11-7-2-3-8-12-28/h4-6,9-10,22H,2-3,7-8,11-19H2,1H3,(H,25,30). The van der Waals surface area contributed by atoms with Gasteiger partial charge in [-0.15, -0.1) is 0 Å². The van der Waals surface area contributed by atoms with Crippen molar-refractivity contribution in [2.75, 3.05) is 52.4 Å². The van der Waals surface area contributed by atoms with Crippen LogP contribution in [-0.4, -0.2) is 90.7 Å². The first-order valence-corrected chi connectivity index (χ1v) is 11.6. The number of amides is 2. The molecule has 1 atom stereocenters. The first kappa shape index (κ1) is 23.4. The summed E-state index contributed by atoms with van der Waals surface area (Å²) >= 11 is 0. The van der Waals surface area contributed by atoms with Crippen molar-refractivity contribution in [1.29, 1.82) is 0 Å². The number of benzene rings is 1. The molecule has 1 unspecified atom stereocenters. The van der Waals surface area contributed by atoms with Gasteiger partial charge in [-0.1, -0.05) is 43.2 Å². The van der Waals surface area contributed by atoms with Crippen LogP contribution in [0.25, 0.3) is 0 Å². The van der Waals surface area contributed by atoms with E-state index in [-0.39, 0.29) is 24.1 Å². The third kappa shape index (κ3) is 7.74. The van der Waals surface area contributed by atoms with Gasteiger partial charge in [0, 0.05) is 39.3 Å². The lowest BCUT2D eigenvalue weighted by Crippen LogP contribution is -2.53. The molecule has 1 N–H and O–H groups in total. The van der Waals surface area contributed by atoms with Crippen molar-refractivity contribution >= 4 is 17.6 Å². The maximum atomic E-state index is 12.6. The van der Waals surface area contributed by atoms with E-state index in [1.54, 1.807) is 0 Å². The summed E-state index contributed by atoms with van der Waals surface area (Å²) in [5.74, 6) is 0.0811. The Bertz CT molecular complexity index is 724. The Hall–Kier alpha value is -2.25. The van der Waals surface area contributed by atoms with Gasteiger partial charge in [0.05, 0.1) is 19.1 Å². The number of nitrogens with one attached hydrogen (secondary N) is 1. The van der Waals surface area contributed by atoms with Gasteiger partial charge in [0.25, 0.3) is 0 Å². The summed E-state index contributed by atoms with van der Waals surface area (Å²) in [5, 5.41) is 2.90. The molecule has 7 heteroatoms. The highest BCUT2D eigenvalue weighted by atomic mass is 16.2. The number of rotatable bonds is 8. The molecule has 2 heterocycles.